The first kappa shape index (κ1) is 14.2. The minimum absolute atomic E-state index is 0.334. The summed E-state index contributed by atoms with van der Waals surface area (Å²) in [6, 6.07) is 5.22. The highest BCUT2D eigenvalue weighted by atomic mass is 28.4. The van der Waals surface area contributed by atoms with Crippen LogP contribution in [0.2, 0.25) is 11.1 Å². The van der Waals surface area contributed by atoms with Crippen LogP contribution in [0.1, 0.15) is 33.3 Å². The van der Waals surface area contributed by atoms with Gasteiger partial charge in [-0.2, -0.15) is 0 Å². The highest BCUT2D eigenvalue weighted by Gasteiger charge is 2.53. The average Bonchev–Trinajstić information content (AvgIpc) is 2.76. The highest BCUT2D eigenvalue weighted by molar-refractivity contribution is 6.72. The molecule has 0 fully saturated rings. The van der Waals surface area contributed by atoms with Gasteiger partial charge in [-0.3, -0.25) is 0 Å². The van der Waals surface area contributed by atoms with Crippen LogP contribution in [0.25, 0.3) is 11.0 Å². The van der Waals surface area contributed by atoms with E-state index in [4.69, 9.17) is 13.3 Å². The van der Waals surface area contributed by atoms with Gasteiger partial charge in [0.15, 0.2) is 5.75 Å². The summed E-state index contributed by atoms with van der Waals surface area (Å²) in [5, 5.41) is 0.897. The van der Waals surface area contributed by atoms with Gasteiger partial charge in [0.2, 0.25) is 0 Å². The molecule has 0 atom stereocenters. The molecule has 2 heterocycles. The molecule has 112 valence electrons. The van der Waals surface area contributed by atoms with Crippen LogP contribution in [0, 0.1) is 6.92 Å². The van der Waals surface area contributed by atoms with Crippen LogP contribution in [0.15, 0.2) is 27.4 Å². The lowest BCUT2D eigenvalue weighted by Crippen LogP contribution is -2.50. The Morgan fingerprint density at radius 3 is 2.10 bits per heavy atom. The smallest absolute Gasteiger partial charge is 0.465 e. The largest absolute Gasteiger partial charge is 0.508 e. The fourth-order valence-corrected chi connectivity index (χ4v) is 6.31. The second kappa shape index (κ2) is 4.63. The summed E-state index contributed by atoms with van der Waals surface area (Å²) in [4.78, 5) is 11.5. The van der Waals surface area contributed by atoms with E-state index in [2.05, 4.69) is 27.7 Å². The summed E-state index contributed by atoms with van der Waals surface area (Å²) in [6.07, 6.45) is 0. The van der Waals surface area contributed by atoms with Crippen molar-refractivity contribution >= 4 is 19.5 Å². The molecule has 0 N–H and O–H groups in total. The van der Waals surface area contributed by atoms with Crippen molar-refractivity contribution in [3.8, 4) is 11.5 Å². The van der Waals surface area contributed by atoms with Gasteiger partial charge in [0.05, 0.1) is 0 Å². The fourth-order valence-electron chi connectivity index (χ4n) is 2.99. The molecule has 4 nitrogen and oxygen atoms in total. The molecule has 0 aliphatic carbocycles. The lowest BCUT2D eigenvalue weighted by molar-refractivity contribution is 0.412. The van der Waals surface area contributed by atoms with Crippen LogP contribution in [0.5, 0.6) is 11.5 Å². The fraction of sp³-hybridized carbons (Fsp3) is 0.438. The summed E-state index contributed by atoms with van der Waals surface area (Å²) in [5.41, 5.74) is 1.78. The molecule has 0 bridgehead atoms. The summed E-state index contributed by atoms with van der Waals surface area (Å²) in [5.74, 6) is 1.47. The van der Waals surface area contributed by atoms with Gasteiger partial charge in [0, 0.05) is 28.6 Å². The molecule has 2 aromatic rings. The summed E-state index contributed by atoms with van der Waals surface area (Å²) < 4.78 is 17.8. The van der Waals surface area contributed by atoms with Gasteiger partial charge >= 0.3 is 14.2 Å². The lowest BCUT2D eigenvalue weighted by atomic mass is 10.1. The Labute approximate surface area is 124 Å². The summed E-state index contributed by atoms with van der Waals surface area (Å²) in [7, 11) is -2.34. The van der Waals surface area contributed by atoms with Gasteiger partial charge in [0.1, 0.15) is 11.3 Å². The van der Waals surface area contributed by atoms with Crippen molar-refractivity contribution in [1.29, 1.82) is 0 Å². The molecule has 0 radical (unpaired) electrons. The van der Waals surface area contributed by atoms with Crippen molar-refractivity contribution < 1.29 is 13.3 Å². The minimum Gasteiger partial charge on any atom is -0.508 e. The maximum Gasteiger partial charge on any atom is 0.465 e. The van der Waals surface area contributed by atoms with Crippen molar-refractivity contribution in [3.63, 3.8) is 0 Å². The Kier molecular flexibility index (Phi) is 3.13. The molecule has 5 heteroatoms. The zero-order chi connectivity index (χ0) is 15.4. The van der Waals surface area contributed by atoms with E-state index in [1.807, 2.05) is 13.0 Å². The Hall–Kier alpha value is -1.75. The van der Waals surface area contributed by atoms with Crippen LogP contribution in [0.3, 0.4) is 0 Å². The predicted octanol–water partition coefficient (Wildman–Crippen LogP) is 4.13. The molecule has 1 aromatic heterocycles. The van der Waals surface area contributed by atoms with E-state index in [1.54, 1.807) is 6.07 Å². The van der Waals surface area contributed by atoms with Gasteiger partial charge in [-0.1, -0.05) is 27.7 Å². The van der Waals surface area contributed by atoms with E-state index in [9.17, 15) is 4.79 Å². The lowest BCUT2D eigenvalue weighted by Gasteiger charge is -2.30. The number of aryl methyl sites for hydroxylation is 1. The van der Waals surface area contributed by atoms with Crippen LogP contribution >= 0.6 is 0 Å². The van der Waals surface area contributed by atoms with Gasteiger partial charge in [-0.15, -0.1) is 0 Å². The molecule has 0 saturated heterocycles. The third kappa shape index (κ3) is 2.07. The van der Waals surface area contributed by atoms with Crippen molar-refractivity contribution in [2.24, 2.45) is 0 Å². The van der Waals surface area contributed by atoms with Crippen molar-refractivity contribution in [1.82, 2.24) is 0 Å². The monoisotopic (exact) mass is 304 g/mol. The number of rotatable bonds is 2. The summed E-state index contributed by atoms with van der Waals surface area (Å²) >= 11 is 0. The quantitative estimate of drug-likeness (QED) is 0.618. The van der Waals surface area contributed by atoms with E-state index < -0.39 is 8.56 Å². The first-order valence-electron chi connectivity index (χ1n) is 7.30. The van der Waals surface area contributed by atoms with Crippen LogP contribution in [-0.2, 0) is 0 Å². The second-order valence-electron chi connectivity index (χ2n) is 6.28. The van der Waals surface area contributed by atoms with Crippen LogP contribution in [0.4, 0.5) is 0 Å². The van der Waals surface area contributed by atoms with Crippen molar-refractivity contribution in [2.75, 3.05) is 0 Å². The van der Waals surface area contributed by atoms with Crippen molar-refractivity contribution in [2.45, 2.75) is 45.7 Å². The first-order valence-corrected chi connectivity index (χ1v) is 9.27. The maximum atomic E-state index is 11.5. The van der Waals surface area contributed by atoms with Gasteiger partial charge < -0.3 is 13.3 Å². The molecule has 0 saturated carbocycles. The van der Waals surface area contributed by atoms with Gasteiger partial charge in [0.25, 0.3) is 0 Å². The first-order chi connectivity index (χ1) is 9.83. The zero-order valence-electron chi connectivity index (χ0n) is 13.0. The van der Waals surface area contributed by atoms with E-state index in [0.717, 1.165) is 16.7 Å². The maximum absolute atomic E-state index is 11.5. The number of hydrogen-bond acceptors (Lipinski definition) is 4. The number of hydrogen-bond donors (Lipinski definition) is 0. The normalized spacial score (nSPS) is 16.1. The molecule has 1 aliphatic heterocycles. The molecule has 21 heavy (non-hydrogen) atoms. The van der Waals surface area contributed by atoms with Gasteiger partial charge in [-0.25, -0.2) is 4.79 Å². The van der Waals surface area contributed by atoms with E-state index >= 15 is 0 Å². The average molecular weight is 304 g/mol. The Bertz CT molecular complexity index is 753. The van der Waals surface area contributed by atoms with Gasteiger partial charge in [-0.05, 0) is 18.6 Å². The highest BCUT2D eigenvalue weighted by Crippen LogP contribution is 2.47. The Morgan fingerprint density at radius 1 is 0.952 bits per heavy atom. The number of benzene rings is 1. The molecule has 0 unspecified atom stereocenters. The predicted molar refractivity (Wildman–Crippen MR) is 84.4 cm³/mol. The Morgan fingerprint density at radius 2 is 1.52 bits per heavy atom. The summed E-state index contributed by atoms with van der Waals surface area (Å²) in [6.45, 7) is 10.5. The van der Waals surface area contributed by atoms with E-state index in [-0.39, 0.29) is 5.63 Å². The molecule has 0 amide bonds. The minimum atomic E-state index is -2.34. The third-order valence-electron chi connectivity index (χ3n) is 4.16. The SMILES string of the molecule is Cc1cc(=O)oc2cc3c(cc12)O[Si](C(C)C)(C(C)C)O3. The molecular formula is C16H20O4Si. The zero-order valence-corrected chi connectivity index (χ0v) is 14.0. The van der Waals surface area contributed by atoms with Crippen LogP contribution < -0.4 is 14.5 Å². The topological polar surface area (TPSA) is 48.7 Å². The molecule has 1 aliphatic rings. The Balaban J connectivity index is 2.18. The molecule has 3 rings (SSSR count). The van der Waals surface area contributed by atoms with Crippen LogP contribution in [-0.4, -0.2) is 8.56 Å². The standard InChI is InChI=1S/C16H20O4Si/c1-9(2)21(10(3)4)19-14-7-12-11(5)6-16(17)18-13(12)8-15(14)20-21/h6-10H,1-5H3. The molecule has 0 spiro atoms. The number of fused-ring (bicyclic) bond motifs is 2. The van der Waals surface area contributed by atoms with E-state index in [0.29, 0.717) is 22.4 Å². The molecular weight excluding hydrogens is 284 g/mol. The van der Waals surface area contributed by atoms with Crippen molar-refractivity contribution in [3.05, 3.63) is 34.2 Å². The third-order valence-corrected chi connectivity index (χ3v) is 8.46. The molecule has 1 aromatic carbocycles. The van der Waals surface area contributed by atoms with E-state index in [1.165, 1.54) is 6.07 Å². The second-order valence-corrected chi connectivity index (χ2v) is 10.4.